The van der Waals surface area contributed by atoms with E-state index in [1.807, 2.05) is 6.92 Å². The van der Waals surface area contributed by atoms with Crippen LogP contribution in [0.25, 0.3) is 0 Å². The molecule has 78 valence electrons. The van der Waals surface area contributed by atoms with Crippen LogP contribution >= 0.6 is 0 Å². The van der Waals surface area contributed by atoms with Crippen molar-refractivity contribution >= 4 is 0 Å². The topological polar surface area (TPSA) is 44.3 Å². The minimum Gasteiger partial charge on any atom is -0.393 e. The Bertz CT molecular complexity index is 124. The Morgan fingerprint density at radius 2 is 2.46 bits per heavy atom. The minimum absolute atomic E-state index is 0.121. The molecule has 0 aliphatic carbocycles. The zero-order valence-electron chi connectivity index (χ0n) is 8.55. The van der Waals surface area contributed by atoms with Crippen molar-refractivity contribution in [2.24, 2.45) is 0 Å². The van der Waals surface area contributed by atoms with Gasteiger partial charge < -0.3 is 15.7 Å². The summed E-state index contributed by atoms with van der Waals surface area (Å²) in [5.74, 6) is 0. The van der Waals surface area contributed by atoms with Crippen molar-refractivity contribution in [3.63, 3.8) is 0 Å². The summed E-state index contributed by atoms with van der Waals surface area (Å²) >= 11 is 0. The van der Waals surface area contributed by atoms with Gasteiger partial charge in [0, 0.05) is 12.6 Å². The van der Waals surface area contributed by atoms with Gasteiger partial charge in [0.25, 0.3) is 0 Å². The molecule has 0 saturated carbocycles. The van der Waals surface area contributed by atoms with E-state index in [1.54, 1.807) is 0 Å². The third-order valence-electron chi connectivity index (χ3n) is 2.68. The van der Waals surface area contributed by atoms with E-state index in [2.05, 4.69) is 10.6 Å². The van der Waals surface area contributed by atoms with Crippen molar-refractivity contribution in [3.05, 3.63) is 0 Å². The Hall–Kier alpha value is -0.120. The number of hydrogen-bond donors (Lipinski definition) is 3. The molecule has 3 heteroatoms. The van der Waals surface area contributed by atoms with Crippen molar-refractivity contribution < 1.29 is 5.11 Å². The molecular weight excluding hydrogens is 164 g/mol. The zero-order chi connectivity index (χ0) is 9.52. The maximum atomic E-state index is 9.29. The van der Waals surface area contributed by atoms with E-state index in [0.29, 0.717) is 6.04 Å². The maximum Gasteiger partial charge on any atom is 0.0549 e. The summed E-state index contributed by atoms with van der Waals surface area (Å²) in [4.78, 5) is 0. The number of aliphatic hydroxyl groups is 1. The van der Waals surface area contributed by atoms with Crippen LogP contribution < -0.4 is 10.6 Å². The third kappa shape index (κ3) is 4.60. The van der Waals surface area contributed by atoms with Crippen LogP contribution in [0.5, 0.6) is 0 Å². The average molecular weight is 186 g/mol. The fraction of sp³-hybridized carbons (Fsp3) is 1.00. The summed E-state index contributed by atoms with van der Waals surface area (Å²) in [6, 6.07) is 0.666. The largest absolute Gasteiger partial charge is 0.393 e. The van der Waals surface area contributed by atoms with Crippen molar-refractivity contribution in [2.45, 2.75) is 44.8 Å². The first-order chi connectivity index (χ1) is 6.33. The molecule has 3 N–H and O–H groups in total. The molecule has 2 unspecified atom stereocenters. The van der Waals surface area contributed by atoms with E-state index >= 15 is 0 Å². The second kappa shape index (κ2) is 6.35. The Balaban J connectivity index is 1.88. The van der Waals surface area contributed by atoms with Crippen LogP contribution in [0.2, 0.25) is 0 Å². The second-order valence-electron chi connectivity index (χ2n) is 3.85. The molecule has 13 heavy (non-hydrogen) atoms. The smallest absolute Gasteiger partial charge is 0.0549 e. The molecule has 0 aromatic rings. The first-order valence-electron chi connectivity index (χ1n) is 5.45. The molecule has 2 atom stereocenters. The third-order valence-corrected chi connectivity index (χ3v) is 2.68. The van der Waals surface area contributed by atoms with Gasteiger partial charge in [-0.2, -0.15) is 0 Å². The van der Waals surface area contributed by atoms with Crippen LogP contribution in [-0.4, -0.2) is 36.9 Å². The zero-order valence-corrected chi connectivity index (χ0v) is 8.55. The first kappa shape index (κ1) is 11.0. The molecule has 1 fully saturated rings. The lowest BCUT2D eigenvalue weighted by Gasteiger charge is -2.12. The summed E-state index contributed by atoms with van der Waals surface area (Å²) in [7, 11) is 0. The van der Waals surface area contributed by atoms with Gasteiger partial charge in [-0.15, -0.1) is 0 Å². The Labute approximate surface area is 80.9 Å². The van der Waals surface area contributed by atoms with Gasteiger partial charge in [-0.25, -0.2) is 0 Å². The lowest BCUT2D eigenvalue weighted by molar-refractivity contribution is 0.159. The summed E-state index contributed by atoms with van der Waals surface area (Å²) in [6.07, 6.45) is 4.23. The van der Waals surface area contributed by atoms with Crippen LogP contribution in [0, 0.1) is 0 Å². The molecule has 0 spiro atoms. The Morgan fingerprint density at radius 1 is 1.62 bits per heavy atom. The number of rotatable bonds is 6. The maximum absolute atomic E-state index is 9.29. The molecule has 1 rings (SSSR count). The van der Waals surface area contributed by atoms with Gasteiger partial charge in [0.05, 0.1) is 6.10 Å². The average Bonchev–Trinajstić information content (AvgIpc) is 2.64. The fourth-order valence-electron chi connectivity index (χ4n) is 1.68. The number of nitrogens with one attached hydrogen (secondary N) is 2. The predicted octanol–water partition coefficient (Wildman–Crippen LogP) is 0.489. The number of aliphatic hydroxyl groups excluding tert-OH is 1. The second-order valence-corrected chi connectivity index (χ2v) is 3.85. The quantitative estimate of drug-likeness (QED) is 0.529. The number of hydrogen-bond acceptors (Lipinski definition) is 3. The molecule has 1 heterocycles. The highest BCUT2D eigenvalue weighted by atomic mass is 16.3. The van der Waals surface area contributed by atoms with Gasteiger partial charge in [-0.3, -0.25) is 0 Å². The molecule has 0 aromatic carbocycles. The molecule has 0 aromatic heterocycles. The van der Waals surface area contributed by atoms with Gasteiger partial charge in [0.1, 0.15) is 0 Å². The van der Waals surface area contributed by atoms with Crippen molar-refractivity contribution in [1.29, 1.82) is 0 Å². The highest BCUT2D eigenvalue weighted by Crippen LogP contribution is 2.03. The monoisotopic (exact) mass is 186 g/mol. The normalized spacial score (nSPS) is 24.9. The van der Waals surface area contributed by atoms with E-state index in [0.717, 1.165) is 25.9 Å². The molecule has 0 radical (unpaired) electrons. The molecule has 1 aliphatic rings. The van der Waals surface area contributed by atoms with Crippen LogP contribution in [-0.2, 0) is 0 Å². The van der Waals surface area contributed by atoms with Gasteiger partial charge >= 0.3 is 0 Å². The summed E-state index contributed by atoms with van der Waals surface area (Å²) in [5, 5.41) is 16.1. The van der Waals surface area contributed by atoms with Crippen molar-refractivity contribution in [3.8, 4) is 0 Å². The highest BCUT2D eigenvalue weighted by molar-refractivity contribution is 4.76. The molecular formula is C10H22N2O. The lowest BCUT2D eigenvalue weighted by Crippen LogP contribution is -2.35. The van der Waals surface area contributed by atoms with E-state index < -0.39 is 0 Å². The van der Waals surface area contributed by atoms with Crippen molar-refractivity contribution in [2.75, 3.05) is 19.6 Å². The van der Waals surface area contributed by atoms with E-state index in [9.17, 15) is 5.11 Å². The standard InChI is InChI=1S/C10H22N2O/c1-2-10(13)5-7-11-8-9-4-3-6-12-9/h9-13H,2-8H2,1H3. The fourth-order valence-corrected chi connectivity index (χ4v) is 1.68. The van der Waals surface area contributed by atoms with E-state index in [-0.39, 0.29) is 6.10 Å². The summed E-state index contributed by atoms with van der Waals surface area (Å²) < 4.78 is 0. The Morgan fingerprint density at radius 3 is 3.08 bits per heavy atom. The van der Waals surface area contributed by atoms with Gasteiger partial charge in [-0.1, -0.05) is 6.92 Å². The molecule has 0 amide bonds. The Kier molecular flexibility index (Phi) is 5.35. The van der Waals surface area contributed by atoms with E-state index in [1.165, 1.54) is 19.4 Å². The van der Waals surface area contributed by atoms with Crippen LogP contribution in [0.1, 0.15) is 32.6 Å². The molecule has 0 bridgehead atoms. The van der Waals surface area contributed by atoms with Crippen LogP contribution in [0.15, 0.2) is 0 Å². The van der Waals surface area contributed by atoms with Crippen molar-refractivity contribution in [1.82, 2.24) is 10.6 Å². The summed E-state index contributed by atoms with van der Waals surface area (Å²) in [6.45, 7) is 5.18. The lowest BCUT2D eigenvalue weighted by atomic mass is 10.2. The SMILES string of the molecule is CCC(O)CCNCC1CCCN1. The molecule has 1 aliphatic heterocycles. The van der Waals surface area contributed by atoms with Crippen LogP contribution in [0.3, 0.4) is 0 Å². The highest BCUT2D eigenvalue weighted by Gasteiger charge is 2.12. The molecule has 3 nitrogen and oxygen atoms in total. The van der Waals surface area contributed by atoms with Crippen LogP contribution in [0.4, 0.5) is 0 Å². The molecule has 1 saturated heterocycles. The van der Waals surface area contributed by atoms with E-state index in [4.69, 9.17) is 0 Å². The van der Waals surface area contributed by atoms with Gasteiger partial charge in [0.15, 0.2) is 0 Å². The van der Waals surface area contributed by atoms with Gasteiger partial charge in [0.2, 0.25) is 0 Å². The minimum atomic E-state index is -0.121. The predicted molar refractivity (Wildman–Crippen MR) is 54.8 cm³/mol. The first-order valence-corrected chi connectivity index (χ1v) is 5.45. The van der Waals surface area contributed by atoms with Gasteiger partial charge in [-0.05, 0) is 38.8 Å². The summed E-state index contributed by atoms with van der Waals surface area (Å²) in [5.41, 5.74) is 0.